The zero-order chi connectivity index (χ0) is 12.3. The van der Waals surface area contributed by atoms with E-state index in [-0.39, 0.29) is 5.95 Å². The van der Waals surface area contributed by atoms with Crippen LogP contribution in [-0.2, 0) is 6.42 Å². The number of hydrogen-bond acceptors (Lipinski definition) is 4. The lowest BCUT2D eigenvalue weighted by atomic mass is 10.1. The summed E-state index contributed by atoms with van der Waals surface area (Å²) in [7, 11) is 0. The highest BCUT2D eigenvalue weighted by Crippen LogP contribution is 2.19. The summed E-state index contributed by atoms with van der Waals surface area (Å²) < 4.78 is 0. The molecular weight excluding hydrogens is 212 g/mol. The van der Waals surface area contributed by atoms with Gasteiger partial charge in [-0.25, -0.2) is 4.98 Å². The maximum atomic E-state index is 5.57. The van der Waals surface area contributed by atoms with Crippen molar-refractivity contribution < 1.29 is 0 Å². The second kappa shape index (κ2) is 4.82. The summed E-state index contributed by atoms with van der Waals surface area (Å²) in [5.74, 6) is 1.04. The minimum Gasteiger partial charge on any atom is -0.368 e. The molecule has 2 aromatic rings. The van der Waals surface area contributed by atoms with E-state index in [0.717, 1.165) is 23.5 Å². The highest BCUT2D eigenvalue weighted by molar-refractivity contribution is 5.60. The molecule has 2 rings (SSSR count). The van der Waals surface area contributed by atoms with E-state index >= 15 is 0 Å². The second-order valence-corrected chi connectivity index (χ2v) is 3.94. The maximum Gasteiger partial charge on any atom is 0.221 e. The van der Waals surface area contributed by atoms with Gasteiger partial charge in [-0.1, -0.05) is 19.1 Å². The van der Waals surface area contributed by atoms with Crippen LogP contribution >= 0.6 is 0 Å². The van der Waals surface area contributed by atoms with Crippen molar-refractivity contribution in [3.63, 3.8) is 0 Å². The summed E-state index contributed by atoms with van der Waals surface area (Å²) >= 11 is 0. The Kier molecular flexibility index (Phi) is 3.23. The Labute approximate surface area is 101 Å². The van der Waals surface area contributed by atoms with Gasteiger partial charge in [0.25, 0.3) is 0 Å². The predicted octanol–water partition coefficient (Wildman–Crippen LogP) is 2.67. The van der Waals surface area contributed by atoms with E-state index in [2.05, 4.69) is 34.3 Å². The van der Waals surface area contributed by atoms with E-state index in [1.54, 1.807) is 6.20 Å². The minimum absolute atomic E-state index is 0.282. The molecule has 17 heavy (non-hydrogen) atoms. The van der Waals surface area contributed by atoms with Gasteiger partial charge in [-0.05, 0) is 31.0 Å². The number of hydrogen-bond donors (Lipinski definition) is 2. The third-order valence-electron chi connectivity index (χ3n) is 2.59. The Morgan fingerprint density at radius 2 is 2.18 bits per heavy atom. The van der Waals surface area contributed by atoms with Crippen molar-refractivity contribution in [3.05, 3.63) is 41.6 Å². The fourth-order valence-electron chi connectivity index (χ4n) is 1.59. The van der Waals surface area contributed by atoms with Gasteiger partial charge >= 0.3 is 0 Å². The topological polar surface area (TPSA) is 63.8 Å². The van der Waals surface area contributed by atoms with E-state index in [4.69, 9.17) is 5.73 Å². The lowest BCUT2D eigenvalue weighted by molar-refractivity contribution is 1.13. The highest BCUT2D eigenvalue weighted by atomic mass is 15.1. The van der Waals surface area contributed by atoms with Crippen molar-refractivity contribution in [2.45, 2.75) is 20.3 Å². The van der Waals surface area contributed by atoms with Crippen molar-refractivity contribution >= 4 is 17.5 Å². The summed E-state index contributed by atoms with van der Waals surface area (Å²) in [4.78, 5) is 8.12. The standard InChI is InChI=1S/C13H16N4/c1-3-10-5-4-6-11(7-10)16-12-9(2)8-15-13(14)17-12/h4-8H,3H2,1-2H3,(H3,14,15,16,17). The average Bonchev–Trinajstić information content (AvgIpc) is 2.34. The predicted molar refractivity (Wildman–Crippen MR) is 70.3 cm³/mol. The molecule has 0 saturated heterocycles. The van der Waals surface area contributed by atoms with Gasteiger partial charge < -0.3 is 11.1 Å². The molecule has 0 amide bonds. The average molecular weight is 228 g/mol. The molecule has 0 bridgehead atoms. The van der Waals surface area contributed by atoms with Gasteiger partial charge in [-0.3, -0.25) is 0 Å². The normalized spacial score (nSPS) is 10.2. The minimum atomic E-state index is 0.282. The molecule has 0 spiro atoms. The summed E-state index contributed by atoms with van der Waals surface area (Å²) in [6.45, 7) is 4.08. The van der Waals surface area contributed by atoms with Crippen LogP contribution in [0.25, 0.3) is 0 Å². The van der Waals surface area contributed by atoms with Gasteiger partial charge in [0.1, 0.15) is 5.82 Å². The zero-order valence-electron chi connectivity index (χ0n) is 10.1. The Morgan fingerprint density at radius 3 is 2.94 bits per heavy atom. The number of benzene rings is 1. The Bertz CT molecular complexity index is 523. The van der Waals surface area contributed by atoms with E-state index in [0.29, 0.717) is 0 Å². The molecule has 0 aliphatic rings. The van der Waals surface area contributed by atoms with Crippen LogP contribution in [0.5, 0.6) is 0 Å². The first kappa shape index (κ1) is 11.4. The molecule has 4 heteroatoms. The molecule has 88 valence electrons. The molecule has 0 aliphatic heterocycles. The smallest absolute Gasteiger partial charge is 0.221 e. The molecule has 3 N–H and O–H groups in total. The fourth-order valence-corrected chi connectivity index (χ4v) is 1.59. The van der Waals surface area contributed by atoms with Gasteiger partial charge in [0.2, 0.25) is 5.95 Å². The van der Waals surface area contributed by atoms with Gasteiger partial charge in [0.15, 0.2) is 0 Å². The van der Waals surface area contributed by atoms with Crippen molar-refractivity contribution in [1.29, 1.82) is 0 Å². The molecule has 0 saturated carbocycles. The first-order chi connectivity index (χ1) is 8.19. The van der Waals surface area contributed by atoms with Crippen molar-refractivity contribution in [1.82, 2.24) is 9.97 Å². The van der Waals surface area contributed by atoms with Crippen molar-refractivity contribution in [3.8, 4) is 0 Å². The molecule has 0 radical (unpaired) electrons. The summed E-state index contributed by atoms with van der Waals surface area (Å²) in [6, 6.07) is 8.25. The molecule has 1 heterocycles. The molecule has 0 fully saturated rings. The van der Waals surface area contributed by atoms with Gasteiger partial charge in [-0.2, -0.15) is 4.98 Å². The van der Waals surface area contributed by atoms with Crippen LogP contribution in [0, 0.1) is 6.92 Å². The summed E-state index contributed by atoms with van der Waals surface area (Å²) in [5.41, 5.74) is 8.85. The van der Waals surface area contributed by atoms with Gasteiger partial charge in [0, 0.05) is 17.4 Å². The second-order valence-electron chi connectivity index (χ2n) is 3.94. The number of nitrogens with zero attached hydrogens (tertiary/aromatic N) is 2. The monoisotopic (exact) mass is 228 g/mol. The van der Waals surface area contributed by atoms with Crippen LogP contribution in [0.15, 0.2) is 30.5 Å². The van der Waals surface area contributed by atoms with Crippen molar-refractivity contribution in [2.24, 2.45) is 0 Å². The Morgan fingerprint density at radius 1 is 1.35 bits per heavy atom. The molecule has 0 aliphatic carbocycles. The van der Waals surface area contributed by atoms with Crippen LogP contribution < -0.4 is 11.1 Å². The van der Waals surface area contributed by atoms with E-state index in [9.17, 15) is 0 Å². The third-order valence-corrected chi connectivity index (χ3v) is 2.59. The van der Waals surface area contributed by atoms with E-state index in [1.807, 2.05) is 19.1 Å². The highest BCUT2D eigenvalue weighted by Gasteiger charge is 2.02. The molecule has 1 aromatic heterocycles. The molecule has 4 nitrogen and oxygen atoms in total. The summed E-state index contributed by atoms with van der Waals surface area (Å²) in [5, 5.41) is 3.26. The number of nitrogens with one attached hydrogen (secondary N) is 1. The van der Waals surface area contributed by atoms with Crippen LogP contribution in [-0.4, -0.2) is 9.97 Å². The van der Waals surface area contributed by atoms with Crippen LogP contribution in [0.1, 0.15) is 18.1 Å². The number of rotatable bonds is 3. The number of aromatic nitrogens is 2. The number of nitrogens with two attached hydrogens (primary N) is 1. The zero-order valence-corrected chi connectivity index (χ0v) is 10.1. The number of nitrogen functional groups attached to an aromatic ring is 1. The SMILES string of the molecule is CCc1cccc(Nc2nc(N)ncc2C)c1. The van der Waals surface area contributed by atoms with Crippen LogP contribution in [0.2, 0.25) is 0 Å². The number of aryl methyl sites for hydroxylation is 2. The number of anilines is 3. The maximum absolute atomic E-state index is 5.57. The Hall–Kier alpha value is -2.10. The summed E-state index contributed by atoms with van der Waals surface area (Å²) in [6.07, 6.45) is 2.73. The molecule has 0 atom stereocenters. The molecule has 1 aromatic carbocycles. The lowest BCUT2D eigenvalue weighted by Crippen LogP contribution is -2.02. The lowest BCUT2D eigenvalue weighted by Gasteiger charge is -2.09. The molecule has 0 unspecified atom stereocenters. The molecular formula is C13H16N4. The van der Waals surface area contributed by atoms with Crippen molar-refractivity contribution in [2.75, 3.05) is 11.1 Å². The van der Waals surface area contributed by atoms with Crippen LogP contribution in [0.3, 0.4) is 0 Å². The Balaban J connectivity index is 2.27. The van der Waals surface area contributed by atoms with Gasteiger partial charge in [0.05, 0.1) is 0 Å². The first-order valence-electron chi connectivity index (χ1n) is 5.64. The van der Waals surface area contributed by atoms with Gasteiger partial charge in [-0.15, -0.1) is 0 Å². The first-order valence-corrected chi connectivity index (χ1v) is 5.64. The van der Waals surface area contributed by atoms with E-state index < -0.39 is 0 Å². The van der Waals surface area contributed by atoms with Crippen LogP contribution in [0.4, 0.5) is 17.5 Å². The fraction of sp³-hybridized carbons (Fsp3) is 0.231. The quantitative estimate of drug-likeness (QED) is 0.847. The third kappa shape index (κ3) is 2.72. The largest absolute Gasteiger partial charge is 0.368 e. The van der Waals surface area contributed by atoms with E-state index in [1.165, 1.54) is 5.56 Å².